The van der Waals surface area contributed by atoms with Crippen molar-refractivity contribution in [3.63, 3.8) is 0 Å². The third-order valence-electron chi connectivity index (χ3n) is 1.14. The fourth-order valence-corrected chi connectivity index (χ4v) is 0.795. The summed E-state index contributed by atoms with van der Waals surface area (Å²) in [7, 11) is 0. The first-order valence-corrected chi connectivity index (χ1v) is 3.12. The van der Waals surface area contributed by atoms with Crippen LogP contribution in [0.15, 0.2) is 18.2 Å². The summed E-state index contributed by atoms with van der Waals surface area (Å²) in [6.07, 6.45) is 1.20. The molecule has 0 atom stereocenters. The predicted octanol–water partition coefficient (Wildman–Crippen LogP) is 2.93. The Balaban J connectivity index is 3.19. The molecule has 0 unspecified atom stereocenters. The van der Waals surface area contributed by atoms with Crippen LogP contribution in [0.4, 0.5) is 4.39 Å². The van der Waals surface area contributed by atoms with E-state index in [4.69, 9.17) is 18.2 Å². The summed E-state index contributed by atoms with van der Waals surface area (Å²) in [4.78, 5) is 0. The maximum atomic E-state index is 12.7. The fourth-order valence-electron chi connectivity index (χ4n) is 0.637. The van der Waals surface area contributed by atoms with Gasteiger partial charge in [-0.25, -0.2) is 4.39 Å². The van der Waals surface area contributed by atoms with Gasteiger partial charge < -0.3 is 0 Å². The van der Waals surface area contributed by atoms with Crippen LogP contribution in [0.5, 0.6) is 0 Å². The first kappa shape index (κ1) is 7.29. The van der Waals surface area contributed by atoms with Crippen molar-refractivity contribution < 1.29 is 4.39 Å². The highest BCUT2D eigenvalue weighted by molar-refractivity contribution is 6.30. The third kappa shape index (κ3) is 1.36. The molecule has 1 aromatic rings. The van der Waals surface area contributed by atoms with Crippen LogP contribution in [-0.4, -0.2) is 0 Å². The van der Waals surface area contributed by atoms with Crippen molar-refractivity contribution >= 4 is 17.7 Å². The minimum absolute atomic E-state index is 0.365. The Kier molecular flexibility index (Phi) is 2.07. The fraction of sp³-hybridized carbons (Fsp3) is 0. The van der Waals surface area contributed by atoms with Crippen molar-refractivity contribution in [2.24, 2.45) is 0 Å². The Hall–Kier alpha value is -0.820. The van der Waals surface area contributed by atoms with E-state index in [0.717, 1.165) is 0 Å². The van der Waals surface area contributed by atoms with Crippen LogP contribution in [0.1, 0.15) is 5.56 Å². The zero-order valence-corrected chi connectivity index (χ0v) is 5.90. The van der Waals surface area contributed by atoms with Crippen molar-refractivity contribution in [2.75, 3.05) is 0 Å². The Bertz CT molecular complexity index is 255. The number of hydrogen-bond donors (Lipinski definition) is 0. The Morgan fingerprint density at radius 3 is 2.70 bits per heavy atom. The number of benzene rings is 1. The largest absolute Gasteiger partial charge is 0.206 e. The molecule has 0 aliphatic carbocycles. The van der Waals surface area contributed by atoms with Crippen LogP contribution in [0.3, 0.4) is 0 Å². The molecule has 0 spiro atoms. The van der Waals surface area contributed by atoms with E-state index >= 15 is 0 Å². The summed E-state index contributed by atoms with van der Waals surface area (Å²) >= 11 is 5.48. The zero-order chi connectivity index (χ0) is 7.56. The molecule has 0 aromatic heterocycles. The summed E-state index contributed by atoms with van der Waals surface area (Å²) in [6, 6.07) is 4.33. The summed E-state index contributed by atoms with van der Waals surface area (Å²) in [5, 5.41) is 0.378. The third-order valence-corrected chi connectivity index (χ3v) is 1.38. The minimum atomic E-state index is -0.394. The Morgan fingerprint density at radius 1 is 1.50 bits per heavy atom. The van der Waals surface area contributed by atoms with Gasteiger partial charge in [0.25, 0.3) is 0 Å². The topological polar surface area (TPSA) is 0 Å². The molecule has 10 heavy (non-hydrogen) atoms. The molecule has 1 radical (unpaired) electrons. The lowest BCUT2D eigenvalue weighted by Gasteiger charge is -1.94. The summed E-state index contributed by atoms with van der Waals surface area (Å²) < 4.78 is 12.7. The maximum absolute atomic E-state index is 12.7. The summed E-state index contributed by atoms with van der Waals surface area (Å²) in [6.45, 7) is 5.09. The predicted molar refractivity (Wildman–Crippen MR) is 40.2 cm³/mol. The van der Waals surface area contributed by atoms with Gasteiger partial charge in [0.2, 0.25) is 0 Å². The average molecular weight is 156 g/mol. The molecule has 0 amide bonds. The monoisotopic (exact) mass is 155 g/mol. The number of rotatable bonds is 1. The minimum Gasteiger partial charge on any atom is -0.206 e. The lowest BCUT2D eigenvalue weighted by atomic mass is 10.2. The lowest BCUT2D eigenvalue weighted by molar-refractivity contribution is 0.625. The first-order valence-electron chi connectivity index (χ1n) is 2.74. The van der Waals surface area contributed by atoms with Crippen LogP contribution in [0, 0.1) is 12.4 Å². The normalized spacial score (nSPS) is 9.40. The molecule has 1 aromatic carbocycles. The van der Waals surface area contributed by atoms with E-state index in [1.807, 2.05) is 0 Å². The van der Waals surface area contributed by atoms with Gasteiger partial charge in [0, 0.05) is 10.6 Å². The number of hydrogen-bond acceptors (Lipinski definition) is 0. The van der Waals surface area contributed by atoms with Gasteiger partial charge in [-0.2, -0.15) is 0 Å². The van der Waals surface area contributed by atoms with E-state index in [9.17, 15) is 4.39 Å². The molecule has 0 bridgehead atoms. The van der Waals surface area contributed by atoms with Gasteiger partial charge in [0.1, 0.15) is 5.82 Å². The van der Waals surface area contributed by atoms with E-state index in [-0.39, 0.29) is 0 Å². The van der Waals surface area contributed by atoms with E-state index in [1.54, 1.807) is 6.07 Å². The molecule has 0 nitrogen and oxygen atoms in total. The highest BCUT2D eigenvalue weighted by Gasteiger charge is 1.96. The molecule has 0 N–H and O–H groups in total. The maximum Gasteiger partial charge on any atom is 0.131 e. The SMILES string of the molecule is [CH]=Cc1ccc(Cl)cc1F. The van der Waals surface area contributed by atoms with Crippen molar-refractivity contribution in [3.05, 3.63) is 41.2 Å². The Labute approximate surface area is 63.9 Å². The van der Waals surface area contributed by atoms with Crippen LogP contribution < -0.4 is 0 Å². The van der Waals surface area contributed by atoms with Crippen molar-refractivity contribution in [1.82, 2.24) is 0 Å². The highest BCUT2D eigenvalue weighted by Crippen LogP contribution is 2.14. The molecule has 1 rings (SSSR count). The van der Waals surface area contributed by atoms with Gasteiger partial charge >= 0.3 is 0 Å². The molecule has 0 fully saturated rings. The highest BCUT2D eigenvalue weighted by atomic mass is 35.5. The average Bonchev–Trinajstić information content (AvgIpc) is 1.88. The molecule has 2 heteroatoms. The van der Waals surface area contributed by atoms with Gasteiger partial charge in [-0.1, -0.05) is 30.3 Å². The van der Waals surface area contributed by atoms with Gasteiger partial charge in [-0.15, -0.1) is 0 Å². The molecule has 0 saturated heterocycles. The van der Waals surface area contributed by atoms with Crippen LogP contribution in [-0.2, 0) is 0 Å². The Morgan fingerprint density at radius 2 is 2.20 bits per heavy atom. The molecule has 0 aliphatic heterocycles. The molecule has 0 heterocycles. The molecule has 0 saturated carbocycles. The lowest BCUT2D eigenvalue weighted by Crippen LogP contribution is -1.79. The second kappa shape index (κ2) is 2.84. The van der Waals surface area contributed by atoms with Gasteiger partial charge in [0.05, 0.1) is 0 Å². The summed E-state index contributed by atoms with van der Waals surface area (Å²) in [5.41, 5.74) is 0.365. The van der Waals surface area contributed by atoms with E-state index < -0.39 is 5.82 Å². The second-order valence-electron chi connectivity index (χ2n) is 1.83. The van der Waals surface area contributed by atoms with Gasteiger partial charge in [0.15, 0.2) is 0 Å². The van der Waals surface area contributed by atoms with E-state index in [1.165, 1.54) is 18.2 Å². The van der Waals surface area contributed by atoms with E-state index in [0.29, 0.717) is 10.6 Å². The van der Waals surface area contributed by atoms with Gasteiger partial charge in [-0.3, -0.25) is 0 Å². The standard InChI is InChI=1S/C8H5ClF/c1-2-6-3-4-7(9)5-8(6)10/h1-5H. The van der Waals surface area contributed by atoms with Crippen LogP contribution in [0.2, 0.25) is 5.02 Å². The van der Waals surface area contributed by atoms with Gasteiger partial charge in [-0.05, 0) is 12.1 Å². The smallest absolute Gasteiger partial charge is 0.131 e. The molecular weight excluding hydrogens is 151 g/mol. The van der Waals surface area contributed by atoms with Crippen molar-refractivity contribution in [3.8, 4) is 0 Å². The zero-order valence-electron chi connectivity index (χ0n) is 5.14. The van der Waals surface area contributed by atoms with Crippen molar-refractivity contribution in [2.45, 2.75) is 0 Å². The molecular formula is C8H5ClF. The first-order chi connectivity index (χ1) is 4.74. The quantitative estimate of drug-likeness (QED) is 0.585. The molecule has 51 valence electrons. The molecule has 0 aliphatic rings. The van der Waals surface area contributed by atoms with Crippen molar-refractivity contribution in [1.29, 1.82) is 0 Å². The van der Waals surface area contributed by atoms with Crippen LogP contribution >= 0.6 is 11.6 Å². The summed E-state index contributed by atoms with van der Waals surface area (Å²) in [5.74, 6) is -0.394. The second-order valence-corrected chi connectivity index (χ2v) is 2.27. The van der Waals surface area contributed by atoms with Crippen LogP contribution in [0.25, 0.3) is 6.08 Å². The number of halogens is 2. The van der Waals surface area contributed by atoms with E-state index in [2.05, 4.69) is 0 Å².